The number of aliphatic hydroxyl groups excluding tert-OH is 1. The largest absolute Gasteiger partial charge is 0.399 e. The average Bonchev–Trinajstić information content (AvgIpc) is 3.05. The predicted molar refractivity (Wildman–Crippen MR) is 71.5 cm³/mol. The summed E-state index contributed by atoms with van der Waals surface area (Å²) in [6.07, 6.45) is 2.41. The second kappa shape index (κ2) is 4.16. The van der Waals surface area contributed by atoms with Gasteiger partial charge >= 0.3 is 0 Å². The lowest BCUT2D eigenvalue weighted by Gasteiger charge is -2.19. The Labute approximate surface area is 104 Å². The molecule has 1 aromatic carbocycles. The molecule has 17 heavy (non-hydrogen) atoms. The number of hydrogen-bond acceptors (Lipinski definition) is 5. The highest BCUT2D eigenvalue weighted by Crippen LogP contribution is 2.36. The molecule has 0 spiro atoms. The van der Waals surface area contributed by atoms with Gasteiger partial charge in [0.15, 0.2) is 5.13 Å². The zero-order valence-electron chi connectivity index (χ0n) is 9.47. The van der Waals surface area contributed by atoms with Crippen LogP contribution in [0.2, 0.25) is 0 Å². The molecule has 1 aliphatic rings. The Balaban J connectivity index is 1.98. The Kier molecular flexibility index (Phi) is 2.64. The molecule has 4 nitrogen and oxygen atoms in total. The normalized spacial score (nSPS) is 15.4. The van der Waals surface area contributed by atoms with Crippen molar-refractivity contribution in [1.29, 1.82) is 0 Å². The first kappa shape index (κ1) is 10.8. The monoisotopic (exact) mass is 249 g/mol. The fourth-order valence-corrected chi connectivity index (χ4v) is 3.09. The molecule has 3 rings (SSSR count). The number of rotatable bonds is 4. The molecule has 0 bridgehead atoms. The van der Waals surface area contributed by atoms with E-state index < -0.39 is 0 Å². The maximum Gasteiger partial charge on any atom is 0.186 e. The molecule has 5 heteroatoms. The van der Waals surface area contributed by atoms with E-state index in [1.165, 1.54) is 12.8 Å². The second-order valence-electron chi connectivity index (χ2n) is 4.37. The van der Waals surface area contributed by atoms with Gasteiger partial charge in [0.1, 0.15) is 0 Å². The van der Waals surface area contributed by atoms with Crippen molar-refractivity contribution in [2.24, 2.45) is 0 Å². The Morgan fingerprint density at radius 2 is 2.29 bits per heavy atom. The molecule has 0 unspecified atom stereocenters. The number of aliphatic hydroxyl groups is 1. The van der Waals surface area contributed by atoms with Crippen LogP contribution >= 0.6 is 11.3 Å². The number of nitrogens with two attached hydrogens (primary N) is 1. The molecule has 1 aromatic heterocycles. The summed E-state index contributed by atoms with van der Waals surface area (Å²) < 4.78 is 1.11. The minimum atomic E-state index is 0.175. The molecule has 0 radical (unpaired) electrons. The zero-order chi connectivity index (χ0) is 11.8. The van der Waals surface area contributed by atoms with Crippen molar-refractivity contribution in [3.05, 3.63) is 18.2 Å². The molecular weight excluding hydrogens is 234 g/mol. The number of nitrogen functional groups attached to an aromatic ring is 1. The topological polar surface area (TPSA) is 62.4 Å². The van der Waals surface area contributed by atoms with Gasteiger partial charge in [0, 0.05) is 18.3 Å². The van der Waals surface area contributed by atoms with E-state index in [0.29, 0.717) is 12.6 Å². The van der Waals surface area contributed by atoms with E-state index in [1.54, 1.807) is 11.3 Å². The van der Waals surface area contributed by atoms with E-state index >= 15 is 0 Å². The van der Waals surface area contributed by atoms with E-state index in [-0.39, 0.29) is 6.61 Å². The highest BCUT2D eigenvalue weighted by Gasteiger charge is 2.30. The lowest BCUT2D eigenvalue weighted by Crippen LogP contribution is -2.28. The van der Waals surface area contributed by atoms with Crippen molar-refractivity contribution >= 4 is 32.4 Å². The third-order valence-electron chi connectivity index (χ3n) is 2.98. The van der Waals surface area contributed by atoms with E-state index in [4.69, 9.17) is 10.8 Å². The number of benzene rings is 1. The van der Waals surface area contributed by atoms with Crippen LogP contribution in [0.15, 0.2) is 18.2 Å². The number of aromatic nitrogens is 1. The molecule has 1 saturated carbocycles. The second-order valence-corrected chi connectivity index (χ2v) is 5.38. The Bertz CT molecular complexity index is 536. The van der Waals surface area contributed by atoms with Gasteiger partial charge in [-0.25, -0.2) is 4.98 Å². The smallest absolute Gasteiger partial charge is 0.186 e. The molecule has 1 heterocycles. The molecule has 90 valence electrons. The number of anilines is 2. The van der Waals surface area contributed by atoms with Gasteiger partial charge in [0.05, 0.1) is 16.8 Å². The molecule has 0 saturated heterocycles. The van der Waals surface area contributed by atoms with E-state index in [0.717, 1.165) is 21.0 Å². The van der Waals surface area contributed by atoms with Gasteiger partial charge in [-0.15, -0.1) is 0 Å². The SMILES string of the molecule is Nc1ccc2nc(N(CCO)C3CC3)sc2c1. The molecule has 1 fully saturated rings. The Hall–Kier alpha value is -1.33. The van der Waals surface area contributed by atoms with Crippen LogP contribution in [0.5, 0.6) is 0 Å². The van der Waals surface area contributed by atoms with Crippen molar-refractivity contribution in [1.82, 2.24) is 4.98 Å². The third-order valence-corrected chi connectivity index (χ3v) is 4.03. The summed E-state index contributed by atoms with van der Waals surface area (Å²) in [5.41, 5.74) is 7.53. The first-order chi connectivity index (χ1) is 8.28. The molecule has 0 aliphatic heterocycles. The molecule has 0 amide bonds. The highest BCUT2D eigenvalue weighted by molar-refractivity contribution is 7.22. The van der Waals surface area contributed by atoms with Gasteiger partial charge in [-0.3, -0.25) is 0 Å². The molecule has 3 N–H and O–H groups in total. The number of fused-ring (bicyclic) bond motifs is 1. The lowest BCUT2D eigenvalue weighted by molar-refractivity contribution is 0.301. The van der Waals surface area contributed by atoms with Crippen LogP contribution in [0, 0.1) is 0 Å². The molecule has 2 aromatic rings. The first-order valence-corrected chi connectivity index (χ1v) is 6.63. The average molecular weight is 249 g/mol. The van der Waals surface area contributed by atoms with Crippen molar-refractivity contribution < 1.29 is 5.11 Å². The molecule has 1 aliphatic carbocycles. The Morgan fingerprint density at radius 1 is 1.47 bits per heavy atom. The van der Waals surface area contributed by atoms with Crippen LogP contribution < -0.4 is 10.6 Å². The summed E-state index contributed by atoms with van der Waals surface area (Å²) in [6, 6.07) is 6.36. The summed E-state index contributed by atoms with van der Waals surface area (Å²) >= 11 is 1.65. The van der Waals surface area contributed by atoms with E-state index in [2.05, 4.69) is 9.88 Å². The van der Waals surface area contributed by atoms with E-state index in [1.807, 2.05) is 18.2 Å². The number of hydrogen-bond donors (Lipinski definition) is 2. The summed E-state index contributed by atoms with van der Waals surface area (Å²) in [6.45, 7) is 0.842. The predicted octanol–water partition coefficient (Wildman–Crippen LogP) is 1.84. The van der Waals surface area contributed by atoms with Crippen LogP contribution in [-0.2, 0) is 0 Å². The molecule has 0 atom stereocenters. The van der Waals surface area contributed by atoms with Crippen LogP contribution in [0.25, 0.3) is 10.2 Å². The van der Waals surface area contributed by atoms with Crippen LogP contribution in [0.4, 0.5) is 10.8 Å². The first-order valence-electron chi connectivity index (χ1n) is 5.81. The maximum absolute atomic E-state index is 9.11. The summed E-state index contributed by atoms with van der Waals surface area (Å²) in [4.78, 5) is 6.82. The zero-order valence-corrected chi connectivity index (χ0v) is 10.3. The summed E-state index contributed by atoms with van der Waals surface area (Å²) in [5.74, 6) is 0. The van der Waals surface area contributed by atoms with Crippen LogP contribution in [-0.4, -0.2) is 29.3 Å². The highest BCUT2D eigenvalue weighted by atomic mass is 32.1. The van der Waals surface area contributed by atoms with Gasteiger partial charge in [0.25, 0.3) is 0 Å². The lowest BCUT2D eigenvalue weighted by atomic mass is 10.3. The third kappa shape index (κ3) is 2.08. The summed E-state index contributed by atoms with van der Waals surface area (Å²) in [5, 5.41) is 10.1. The fraction of sp³-hybridized carbons (Fsp3) is 0.417. The van der Waals surface area contributed by atoms with Gasteiger partial charge in [-0.05, 0) is 31.0 Å². The van der Waals surface area contributed by atoms with Crippen molar-refractivity contribution in [2.45, 2.75) is 18.9 Å². The van der Waals surface area contributed by atoms with Crippen molar-refractivity contribution in [3.63, 3.8) is 0 Å². The van der Waals surface area contributed by atoms with Gasteiger partial charge < -0.3 is 15.7 Å². The van der Waals surface area contributed by atoms with Gasteiger partial charge in [-0.1, -0.05) is 11.3 Å². The number of thiazole rings is 1. The minimum absolute atomic E-state index is 0.175. The van der Waals surface area contributed by atoms with Gasteiger partial charge in [-0.2, -0.15) is 0 Å². The molecular formula is C12H15N3OS. The quantitative estimate of drug-likeness (QED) is 0.812. The fourth-order valence-electron chi connectivity index (χ4n) is 1.98. The summed E-state index contributed by atoms with van der Waals surface area (Å²) in [7, 11) is 0. The maximum atomic E-state index is 9.11. The van der Waals surface area contributed by atoms with Crippen LogP contribution in [0.3, 0.4) is 0 Å². The Morgan fingerprint density at radius 3 is 3.00 bits per heavy atom. The van der Waals surface area contributed by atoms with Crippen molar-refractivity contribution in [3.8, 4) is 0 Å². The number of nitrogens with zero attached hydrogens (tertiary/aromatic N) is 2. The van der Waals surface area contributed by atoms with E-state index in [9.17, 15) is 0 Å². The minimum Gasteiger partial charge on any atom is -0.399 e. The van der Waals surface area contributed by atoms with Gasteiger partial charge in [0.2, 0.25) is 0 Å². The van der Waals surface area contributed by atoms with Crippen molar-refractivity contribution in [2.75, 3.05) is 23.8 Å². The standard InChI is InChI=1S/C12H15N3OS/c13-8-1-4-10-11(7-8)17-12(14-10)15(5-6-16)9-2-3-9/h1,4,7,9,16H,2-3,5-6,13H2. The van der Waals surface area contributed by atoms with Crippen LogP contribution in [0.1, 0.15) is 12.8 Å².